The van der Waals surface area contributed by atoms with Crippen molar-refractivity contribution in [1.29, 1.82) is 0 Å². The van der Waals surface area contributed by atoms with Gasteiger partial charge in [0.1, 0.15) is 0 Å². The molecule has 0 aromatic rings. The predicted molar refractivity (Wildman–Crippen MR) is 141 cm³/mol. The molecular weight excluding hydrogens is 376 g/mol. The zero-order chi connectivity index (χ0) is 23.5. The van der Waals surface area contributed by atoms with Crippen LogP contribution in [-0.2, 0) is 0 Å². The van der Waals surface area contributed by atoms with E-state index in [1.807, 2.05) is 37.3 Å². The Morgan fingerprint density at radius 3 is 1.42 bits per heavy atom. The zero-order valence-electron chi connectivity index (χ0n) is 20.7. The highest BCUT2D eigenvalue weighted by atomic mass is 16.3. The molecule has 0 fully saturated rings. The second-order valence-corrected chi connectivity index (χ2v) is 8.20. The smallest absolute Gasteiger partial charge is 0.0642 e. The van der Waals surface area contributed by atoms with Crippen molar-refractivity contribution in [3.63, 3.8) is 0 Å². The molecular formula is C30H42O. The summed E-state index contributed by atoms with van der Waals surface area (Å²) < 4.78 is 0. The fourth-order valence-electron chi connectivity index (χ4n) is 2.39. The van der Waals surface area contributed by atoms with Crippen LogP contribution in [0.1, 0.15) is 61.3 Å². The molecule has 168 valence electrons. The molecule has 0 unspecified atom stereocenters. The van der Waals surface area contributed by atoms with Crippen molar-refractivity contribution in [3.05, 3.63) is 119 Å². The quantitative estimate of drug-likeness (QED) is 0.248. The first-order valence-electron chi connectivity index (χ1n) is 11.0. The molecule has 0 rings (SSSR count). The van der Waals surface area contributed by atoms with E-state index in [9.17, 15) is 0 Å². The fourth-order valence-corrected chi connectivity index (χ4v) is 2.39. The fraction of sp³-hybridized carbons (Fsp3) is 0.333. The Bertz CT molecular complexity index is 824. The maximum atomic E-state index is 8.96. The normalized spacial score (nSPS) is 15.3. The summed E-state index contributed by atoms with van der Waals surface area (Å²) in [5.41, 5.74) is 7.32. The van der Waals surface area contributed by atoms with Crippen molar-refractivity contribution in [2.24, 2.45) is 0 Å². The monoisotopic (exact) mass is 418 g/mol. The number of aliphatic hydroxyl groups is 1. The van der Waals surface area contributed by atoms with Gasteiger partial charge in [0.05, 0.1) is 6.61 Å². The van der Waals surface area contributed by atoms with Gasteiger partial charge in [-0.1, -0.05) is 113 Å². The first kappa shape index (κ1) is 28.4. The zero-order valence-corrected chi connectivity index (χ0v) is 20.7. The molecule has 0 atom stereocenters. The summed E-state index contributed by atoms with van der Waals surface area (Å²) in [6, 6.07) is 0. The topological polar surface area (TPSA) is 20.2 Å². The summed E-state index contributed by atoms with van der Waals surface area (Å²) in [5.74, 6) is 0. The average Bonchev–Trinajstić information content (AvgIpc) is 2.70. The third-order valence-electron chi connectivity index (χ3n) is 4.37. The summed E-state index contributed by atoms with van der Waals surface area (Å²) >= 11 is 0. The van der Waals surface area contributed by atoms with Gasteiger partial charge in [-0.15, -0.1) is 0 Å². The van der Waals surface area contributed by atoms with Gasteiger partial charge in [0.2, 0.25) is 0 Å². The summed E-state index contributed by atoms with van der Waals surface area (Å²) in [5, 5.41) is 8.96. The molecule has 0 saturated carbocycles. The predicted octanol–water partition coefficient (Wildman–Crippen LogP) is 8.68. The van der Waals surface area contributed by atoms with E-state index in [-0.39, 0.29) is 6.61 Å². The van der Waals surface area contributed by atoms with E-state index in [1.165, 1.54) is 22.3 Å². The van der Waals surface area contributed by atoms with Crippen molar-refractivity contribution in [2.75, 3.05) is 6.61 Å². The van der Waals surface area contributed by atoms with E-state index < -0.39 is 0 Å². The van der Waals surface area contributed by atoms with E-state index in [0.717, 1.165) is 24.0 Å². The van der Waals surface area contributed by atoms with Crippen LogP contribution in [0.3, 0.4) is 0 Å². The van der Waals surface area contributed by atoms with Gasteiger partial charge < -0.3 is 5.11 Å². The number of rotatable bonds is 12. The van der Waals surface area contributed by atoms with Gasteiger partial charge in [-0.25, -0.2) is 0 Å². The molecule has 0 aliphatic carbocycles. The third kappa shape index (κ3) is 19.1. The van der Waals surface area contributed by atoms with Crippen LogP contribution < -0.4 is 0 Å². The first-order chi connectivity index (χ1) is 14.7. The van der Waals surface area contributed by atoms with Crippen molar-refractivity contribution < 1.29 is 5.11 Å². The Kier molecular flexibility index (Phi) is 16.6. The molecule has 0 amide bonds. The maximum Gasteiger partial charge on any atom is 0.0642 e. The van der Waals surface area contributed by atoms with E-state index in [4.69, 9.17) is 5.11 Å². The number of allylic oxidation sites excluding steroid dienone is 19. The Morgan fingerprint density at radius 2 is 0.968 bits per heavy atom. The summed E-state index contributed by atoms with van der Waals surface area (Å²) in [6.45, 7) is 14.7. The molecule has 0 aliphatic rings. The second kappa shape index (κ2) is 18.2. The Morgan fingerprint density at radius 1 is 0.548 bits per heavy atom. The van der Waals surface area contributed by atoms with Crippen LogP contribution in [0.15, 0.2) is 119 Å². The highest BCUT2D eigenvalue weighted by molar-refractivity contribution is 5.31. The van der Waals surface area contributed by atoms with E-state index in [2.05, 4.69) is 96.2 Å². The standard InChI is InChI=1S/C30H42O/c1-25(2)14-10-17-28(5)19-12-21-29(6)20-11-18-26(3)15-8-9-16-27(4)22-13-23-30(7)24-31/h8-9,11-16,18-23,31H,10,17,24H2,1-7H3/b9-8+,18-11+,21-12+,22-13+,26-15+,27-16+,28-19+,29-20+,30-23+. The Labute approximate surface area is 191 Å². The summed E-state index contributed by atoms with van der Waals surface area (Å²) in [4.78, 5) is 0. The van der Waals surface area contributed by atoms with E-state index in [1.54, 1.807) is 0 Å². The van der Waals surface area contributed by atoms with E-state index in [0.29, 0.717) is 0 Å². The summed E-state index contributed by atoms with van der Waals surface area (Å²) in [6.07, 6.45) is 31.5. The molecule has 0 aromatic heterocycles. The molecule has 1 heteroatoms. The van der Waals surface area contributed by atoms with Crippen LogP contribution in [-0.4, -0.2) is 11.7 Å². The third-order valence-corrected chi connectivity index (χ3v) is 4.37. The molecule has 0 bridgehead atoms. The average molecular weight is 419 g/mol. The SMILES string of the molecule is CC(C)=CCC/C(C)=C/C=C/C(C)=C/C=C/C(C)=C/C=C/C=C(C)/C=C/C=C(\C)CO. The van der Waals surface area contributed by atoms with Gasteiger partial charge >= 0.3 is 0 Å². The molecule has 0 heterocycles. The molecule has 1 nitrogen and oxygen atoms in total. The van der Waals surface area contributed by atoms with Crippen LogP contribution in [0.4, 0.5) is 0 Å². The van der Waals surface area contributed by atoms with Gasteiger partial charge in [0.25, 0.3) is 0 Å². The van der Waals surface area contributed by atoms with Gasteiger partial charge in [-0.3, -0.25) is 0 Å². The first-order valence-corrected chi connectivity index (χ1v) is 11.0. The van der Waals surface area contributed by atoms with Crippen molar-refractivity contribution >= 4 is 0 Å². The number of aliphatic hydroxyl groups excluding tert-OH is 1. The van der Waals surface area contributed by atoms with Crippen LogP contribution in [0, 0.1) is 0 Å². The Balaban J connectivity index is 4.61. The van der Waals surface area contributed by atoms with Crippen molar-refractivity contribution in [1.82, 2.24) is 0 Å². The van der Waals surface area contributed by atoms with Gasteiger partial charge in [0.15, 0.2) is 0 Å². The maximum absolute atomic E-state index is 8.96. The molecule has 31 heavy (non-hydrogen) atoms. The lowest BCUT2D eigenvalue weighted by atomic mass is 10.1. The number of hydrogen-bond donors (Lipinski definition) is 1. The molecule has 0 aromatic carbocycles. The van der Waals surface area contributed by atoms with Crippen LogP contribution in [0.2, 0.25) is 0 Å². The molecule has 0 radical (unpaired) electrons. The lowest BCUT2D eigenvalue weighted by Crippen LogP contribution is -1.81. The second-order valence-electron chi connectivity index (χ2n) is 8.20. The minimum Gasteiger partial charge on any atom is -0.392 e. The van der Waals surface area contributed by atoms with Crippen molar-refractivity contribution in [2.45, 2.75) is 61.3 Å². The lowest BCUT2D eigenvalue weighted by Gasteiger charge is -1.96. The van der Waals surface area contributed by atoms with Crippen LogP contribution >= 0.6 is 0 Å². The van der Waals surface area contributed by atoms with Crippen LogP contribution in [0.25, 0.3) is 0 Å². The van der Waals surface area contributed by atoms with Crippen LogP contribution in [0.5, 0.6) is 0 Å². The molecule has 0 aliphatic heterocycles. The van der Waals surface area contributed by atoms with E-state index >= 15 is 0 Å². The van der Waals surface area contributed by atoms with Gasteiger partial charge in [-0.2, -0.15) is 0 Å². The minimum absolute atomic E-state index is 0.100. The molecule has 0 saturated heterocycles. The van der Waals surface area contributed by atoms with Gasteiger partial charge in [0, 0.05) is 0 Å². The van der Waals surface area contributed by atoms with Gasteiger partial charge in [-0.05, 0) is 66.9 Å². The highest BCUT2D eigenvalue weighted by Crippen LogP contribution is 2.07. The molecule has 1 N–H and O–H groups in total. The summed E-state index contributed by atoms with van der Waals surface area (Å²) in [7, 11) is 0. The molecule has 0 spiro atoms. The lowest BCUT2D eigenvalue weighted by molar-refractivity contribution is 0.331. The number of hydrogen-bond acceptors (Lipinski definition) is 1. The highest BCUT2D eigenvalue weighted by Gasteiger charge is 1.87. The Hall–Kier alpha value is -2.64. The largest absolute Gasteiger partial charge is 0.392 e. The minimum atomic E-state index is 0.100. The van der Waals surface area contributed by atoms with Crippen molar-refractivity contribution in [3.8, 4) is 0 Å².